The van der Waals surface area contributed by atoms with Crippen molar-refractivity contribution in [1.82, 2.24) is 5.32 Å². The van der Waals surface area contributed by atoms with Crippen LogP contribution in [-0.4, -0.2) is 13.1 Å². The second-order valence-corrected chi connectivity index (χ2v) is 5.38. The molecular weight excluding hydrogens is 194 g/mol. The molecule has 1 aromatic rings. The number of nitrogens with one attached hydrogen (secondary N) is 1. The topological polar surface area (TPSA) is 12.0 Å². The minimum absolute atomic E-state index is 0.764. The maximum atomic E-state index is 3.63. The van der Waals surface area contributed by atoms with Gasteiger partial charge in [0.05, 0.1) is 0 Å². The second kappa shape index (κ2) is 4.58. The number of hydrogen-bond acceptors (Lipinski definition) is 1. The summed E-state index contributed by atoms with van der Waals surface area (Å²) in [6.07, 6.45) is 5.79. The first kappa shape index (κ1) is 10.3. The van der Waals surface area contributed by atoms with Gasteiger partial charge in [0.2, 0.25) is 0 Å². The lowest BCUT2D eigenvalue weighted by molar-refractivity contribution is 0.159. The van der Waals surface area contributed by atoms with Crippen molar-refractivity contribution in [3.05, 3.63) is 35.9 Å². The van der Waals surface area contributed by atoms with Gasteiger partial charge in [-0.25, -0.2) is 0 Å². The van der Waals surface area contributed by atoms with Crippen LogP contribution >= 0.6 is 0 Å². The van der Waals surface area contributed by atoms with E-state index in [1.165, 1.54) is 38.8 Å². The molecule has 0 radical (unpaired) electrons. The van der Waals surface area contributed by atoms with E-state index in [1.54, 1.807) is 5.56 Å². The van der Waals surface area contributed by atoms with Gasteiger partial charge in [0.25, 0.3) is 0 Å². The largest absolute Gasteiger partial charge is 0.316 e. The summed E-state index contributed by atoms with van der Waals surface area (Å²) in [6, 6.07) is 11.1. The molecule has 1 N–H and O–H groups in total. The Hall–Kier alpha value is -0.820. The average Bonchev–Trinajstić information content (AvgIpc) is 2.39. The third-order valence-electron chi connectivity index (χ3n) is 4.48. The highest BCUT2D eigenvalue weighted by molar-refractivity contribution is 5.22. The van der Waals surface area contributed by atoms with Crippen molar-refractivity contribution in [1.29, 1.82) is 0 Å². The number of benzene rings is 1. The van der Waals surface area contributed by atoms with Crippen molar-refractivity contribution in [3.63, 3.8) is 0 Å². The summed E-state index contributed by atoms with van der Waals surface area (Å²) in [4.78, 5) is 0. The Morgan fingerprint density at radius 1 is 0.938 bits per heavy atom. The molecule has 2 aliphatic rings. The van der Waals surface area contributed by atoms with Crippen LogP contribution in [0.3, 0.4) is 0 Å². The monoisotopic (exact) mass is 215 g/mol. The van der Waals surface area contributed by atoms with Gasteiger partial charge >= 0.3 is 0 Å². The molecule has 2 fully saturated rings. The molecule has 1 aromatic carbocycles. The minimum Gasteiger partial charge on any atom is -0.316 e. The first-order valence-electron chi connectivity index (χ1n) is 6.71. The van der Waals surface area contributed by atoms with Gasteiger partial charge in [0, 0.05) is 6.54 Å². The Morgan fingerprint density at radius 3 is 2.62 bits per heavy atom. The van der Waals surface area contributed by atoms with Crippen LogP contribution in [0.5, 0.6) is 0 Å². The van der Waals surface area contributed by atoms with Crippen LogP contribution in [0.1, 0.15) is 37.2 Å². The van der Waals surface area contributed by atoms with E-state index in [0.717, 1.165) is 17.8 Å². The smallest absolute Gasteiger partial charge is 0.00230 e. The molecule has 0 aromatic heterocycles. The summed E-state index contributed by atoms with van der Waals surface area (Å²) in [5.74, 6) is 2.64. The standard InChI is InChI=1S/C15H21N/c1-2-6-12(7-3-1)15-11-16-10-13-8-4-5-9-14(13)15/h1-3,6-7,13-16H,4-5,8-11H2. The Kier molecular flexibility index (Phi) is 2.96. The normalized spacial score (nSPS) is 34.4. The molecule has 1 aliphatic heterocycles. The van der Waals surface area contributed by atoms with Crippen molar-refractivity contribution < 1.29 is 0 Å². The zero-order chi connectivity index (χ0) is 10.8. The Labute approximate surface area is 98.3 Å². The molecule has 3 atom stereocenters. The van der Waals surface area contributed by atoms with Crippen molar-refractivity contribution in [2.24, 2.45) is 11.8 Å². The van der Waals surface area contributed by atoms with Crippen molar-refractivity contribution in [2.75, 3.05) is 13.1 Å². The van der Waals surface area contributed by atoms with E-state index >= 15 is 0 Å². The lowest BCUT2D eigenvalue weighted by atomic mass is 9.68. The van der Waals surface area contributed by atoms with Crippen LogP contribution in [0, 0.1) is 11.8 Å². The molecule has 16 heavy (non-hydrogen) atoms. The number of hydrogen-bond donors (Lipinski definition) is 1. The first-order chi connectivity index (χ1) is 7.95. The molecule has 1 aliphatic carbocycles. The van der Waals surface area contributed by atoms with E-state index < -0.39 is 0 Å². The van der Waals surface area contributed by atoms with Crippen LogP contribution < -0.4 is 5.32 Å². The predicted octanol–water partition coefficient (Wildman–Crippen LogP) is 3.18. The third kappa shape index (κ3) is 1.89. The van der Waals surface area contributed by atoms with Crippen LogP contribution in [0.15, 0.2) is 30.3 Å². The van der Waals surface area contributed by atoms with Crippen molar-refractivity contribution >= 4 is 0 Å². The van der Waals surface area contributed by atoms with E-state index in [-0.39, 0.29) is 0 Å². The van der Waals surface area contributed by atoms with Gasteiger partial charge < -0.3 is 5.32 Å². The maximum Gasteiger partial charge on any atom is 0.00230 e. The van der Waals surface area contributed by atoms with E-state index in [2.05, 4.69) is 35.6 Å². The van der Waals surface area contributed by atoms with Gasteiger partial charge in [0.1, 0.15) is 0 Å². The van der Waals surface area contributed by atoms with Crippen LogP contribution in [0.2, 0.25) is 0 Å². The molecule has 3 rings (SSSR count). The highest BCUT2D eigenvalue weighted by Crippen LogP contribution is 2.41. The first-order valence-corrected chi connectivity index (χ1v) is 6.71. The van der Waals surface area contributed by atoms with Gasteiger partial charge in [-0.2, -0.15) is 0 Å². The van der Waals surface area contributed by atoms with E-state index in [1.807, 2.05) is 0 Å². The van der Waals surface area contributed by atoms with Crippen LogP contribution in [-0.2, 0) is 0 Å². The summed E-state index contributed by atoms with van der Waals surface area (Å²) >= 11 is 0. The molecule has 1 saturated carbocycles. The Balaban J connectivity index is 1.83. The molecule has 1 saturated heterocycles. The molecule has 1 heterocycles. The summed E-state index contributed by atoms with van der Waals surface area (Å²) in [5, 5.41) is 3.63. The van der Waals surface area contributed by atoms with Gasteiger partial charge in [0.15, 0.2) is 0 Å². The quantitative estimate of drug-likeness (QED) is 0.758. The second-order valence-electron chi connectivity index (χ2n) is 5.38. The lowest BCUT2D eigenvalue weighted by Crippen LogP contribution is -2.43. The third-order valence-corrected chi connectivity index (χ3v) is 4.48. The molecule has 1 heteroatoms. The minimum atomic E-state index is 0.764. The van der Waals surface area contributed by atoms with Gasteiger partial charge in [-0.15, -0.1) is 0 Å². The van der Waals surface area contributed by atoms with Crippen molar-refractivity contribution in [3.8, 4) is 0 Å². The molecular formula is C15H21N. The van der Waals surface area contributed by atoms with Crippen LogP contribution in [0.25, 0.3) is 0 Å². The molecule has 0 spiro atoms. The van der Waals surface area contributed by atoms with Gasteiger partial charge in [-0.1, -0.05) is 43.2 Å². The van der Waals surface area contributed by atoms with Crippen LogP contribution in [0.4, 0.5) is 0 Å². The number of piperidine rings is 1. The van der Waals surface area contributed by atoms with E-state index in [9.17, 15) is 0 Å². The number of fused-ring (bicyclic) bond motifs is 1. The summed E-state index contributed by atoms with van der Waals surface area (Å²) in [7, 11) is 0. The molecule has 0 bridgehead atoms. The molecule has 0 amide bonds. The summed E-state index contributed by atoms with van der Waals surface area (Å²) < 4.78 is 0. The fourth-order valence-electron chi connectivity index (χ4n) is 3.66. The highest BCUT2D eigenvalue weighted by Gasteiger charge is 2.35. The predicted molar refractivity (Wildman–Crippen MR) is 67.5 cm³/mol. The highest BCUT2D eigenvalue weighted by atomic mass is 14.9. The summed E-state index contributed by atoms with van der Waals surface area (Å²) in [5.41, 5.74) is 1.55. The number of rotatable bonds is 1. The fraction of sp³-hybridized carbons (Fsp3) is 0.600. The Morgan fingerprint density at radius 2 is 1.75 bits per heavy atom. The SMILES string of the molecule is c1ccc(C2CNCC3CCCCC32)cc1. The van der Waals surface area contributed by atoms with E-state index in [0.29, 0.717) is 0 Å². The Bertz CT molecular complexity index is 331. The van der Waals surface area contributed by atoms with Gasteiger partial charge in [-0.05, 0) is 42.7 Å². The zero-order valence-corrected chi connectivity index (χ0v) is 9.86. The molecule has 3 unspecified atom stereocenters. The zero-order valence-electron chi connectivity index (χ0n) is 9.86. The molecule has 1 nitrogen and oxygen atoms in total. The van der Waals surface area contributed by atoms with Crippen molar-refractivity contribution in [2.45, 2.75) is 31.6 Å². The fourth-order valence-corrected chi connectivity index (χ4v) is 3.66. The van der Waals surface area contributed by atoms with Gasteiger partial charge in [-0.3, -0.25) is 0 Å². The lowest BCUT2D eigenvalue weighted by Gasteiger charge is -2.42. The summed E-state index contributed by atoms with van der Waals surface area (Å²) in [6.45, 7) is 2.44. The molecule has 86 valence electrons. The maximum absolute atomic E-state index is 3.63. The average molecular weight is 215 g/mol. The van der Waals surface area contributed by atoms with E-state index in [4.69, 9.17) is 0 Å².